The average molecular weight is 309 g/mol. The van der Waals surface area contributed by atoms with Crippen LogP contribution in [0.15, 0.2) is 34.8 Å². The molecule has 1 aromatic heterocycles. The van der Waals surface area contributed by atoms with Gasteiger partial charge in [-0.2, -0.15) is 5.10 Å². The average Bonchev–Trinajstić information content (AvgIpc) is 2.70. The summed E-state index contributed by atoms with van der Waals surface area (Å²) in [5.74, 6) is 0. The van der Waals surface area contributed by atoms with Crippen LogP contribution in [-0.2, 0) is 19.9 Å². The molecule has 2 aromatic rings. The van der Waals surface area contributed by atoms with E-state index >= 15 is 0 Å². The molecule has 1 heterocycles. The zero-order chi connectivity index (χ0) is 13.1. The van der Waals surface area contributed by atoms with Crippen molar-refractivity contribution >= 4 is 15.9 Å². The predicted octanol–water partition coefficient (Wildman–Crippen LogP) is 3.02. The molecule has 0 bridgehead atoms. The first-order chi connectivity index (χ1) is 8.60. The maximum Gasteiger partial charge on any atom is 0.0845 e. The second-order valence-corrected chi connectivity index (χ2v) is 5.29. The van der Waals surface area contributed by atoms with Gasteiger partial charge in [-0.25, -0.2) is 0 Å². The van der Waals surface area contributed by atoms with Crippen molar-refractivity contribution in [3.8, 4) is 0 Å². The van der Waals surface area contributed by atoms with Crippen LogP contribution in [0.25, 0.3) is 0 Å². The molecule has 1 N–H and O–H groups in total. The number of hydrogen-bond donors (Lipinski definition) is 1. The van der Waals surface area contributed by atoms with Gasteiger partial charge in [-0.1, -0.05) is 35.0 Å². The summed E-state index contributed by atoms with van der Waals surface area (Å²) in [5, 5.41) is 14.6. The number of hydrogen-bond acceptors (Lipinski definition) is 2. The van der Waals surface area contributed by atoms with Gasteiger partial charge < -0.3 is 5.11 Å². The molecule has 0 fully saturated rings. The Kier molecular flexibility index (Phi) is 4.19. The summed E-state index contributed by atoms with van der Waals surface area (Å²) in [4.78, 5) is 0. The Morgan fingerprint density at radius 3 is 2.78 bits per heavy atom. The van der Waals surface area contributed by atoms with E-state index in [4.69, 9.17) is 0 Å². The Balaban J connectivity index is 2.15. The van der Waals surface area contributed by atoms with Crippen LogP contribution in [0, 0.1) is 0 Å². The molecule has 4 heteroatoms. The third kappa shape index (κ3) is 3.00. The maximum atomic E-state index is 10.2. The van der Waals surface area contributed by atoms with Crippen LogP contribution < -0.4 is 0 Å². The molecule has 0 radical (unpaired) electrons. The van der Waals surface area contributed by atoms with E-state index in [0.717, 1.165) is 27.8 Å². The molecule has 1 atom stereocenters. The normalized spacial score (nSPS) is 12.7. The molecule has 0 aliphatic rings. The molecule has 18 heavy (non-hydrogen) atoms. The van der Waals surface area contributed by atoms with Gasteiger partial charge in [0.15, 0.2) is 0 Å². The van der Waals surface area contributed by atoms with Gasteiger partial charge in [0, 0.05) is 23.6 Å². The van der Waals surface area contributed by atoms with E-state index in [1.165, 1.54) is 0 Å². The molecular formula is C14H17BrN2O. The molecule has 96 valence electrons. The molecule has 0 aliphatic heterocycles. The Morgan fingerprint density at radius 1 is 1.39 bits per heavy atom. The Hall–Kier alpha value is -1.13. The Labute approximate surface area is 116 Å². The maximum absolute atomic E-state index is 10.2. The first-order valence-corrected chi connectivity index (χ1v) is 6.84. The van der Waals surface area contributed by atoms with Gasteiger partial charge in [-0.3, -0.25) is 4.68 Å². The van der Waals surface area contributed by atoms with Gasteiger partial charge >= 0.3 is 0 Å². The number of aryl methyl sites for hydroxylation is 2. The fourth-order valence-corrected chi connectivity index (χ4v) is 2.38. The van der Waals surface area contributed by atoms with Crippen molar-refractivity contribution in [3.05, 3.63) is 51.8 Å². The van der Waals surface area contributed by atoms with E-state index in [9.17, 15) is 5.11 Å². The fourth-order valence-electron chi connectivity index (χ4n) is 1.97. The summed E-state index contributed by atoms with van der Waals surface area (Å²) in [6.07, 6.45) is 1.00. The van der Waals surface area contributed by atoms with Crippen LogP contribution in [0.1, 0.15) is 30.0 Å². The molecule has 2 rings (SSSR count). The minimum atomic E-state index is -0.498. The Morgan fingerprint density at radius 2 is 2.17 bits per heavy atom. The van der Waals surface area contributed by atoms with Crippen molar-refractivity contribution in [2.45, 2.75) is 25.9 Å². The van der Waals surface area contributed by atoms with Crippen LogP contribution in [0.4, 0.5) is 0 Å². The highest BCUT2D eigenvalue weighted by Crippen LogP contribution is 2.21. The zero-order valence-electron chi connectivity index (χ0n) is 10.6. The van der Waals surface area contributed by atoms with Crippen LogP contribution in [0.3, 0.4) is 0 Å². The van der Waals surface area contributed by atoms with Crippen molar-refractivity contribution in [2.75, 3.05) is 0 Å². The van der Waals surface area contributed by atoms with Crippen molar-refractivity contribution in [1.82, 2.24) is 9.78 Å². The number of benzene rings is 1. The quantitative estimate of drug-likeness (QED) is 0.943. The number of rotatable bonds is 4. The lowest BCUT2D eigenvalue weighted by Crippen LogP contribution is -2.06. The molecule has 3 nitrogen and oxygen atoms in total. The van der Waals surface area contributed by atoms with Gasteiger partial charge in [-0.05, 0) is 30.2 Å². The molecule has 0 aliphatic carbocycles. The SMILES string of the molecule is CCc1cc(CC(O)c2cccc(Br)c2)n(C)n1. The molecule has 1 unspecified atom stereocenters. The monoisotopic (exact) mass is 308 g/mol. The molecule has 0 amide bonds. The molecule has 0 spiro atoms. The summed E-state index contributed by atoms with van der Waals surface area (Å²) >= 11 is 3.42. The third-order valence-corrected chi connectivity index (χ3v) is 3.52. The number of aliphatic hydroxyl groups is 1. The van der Waals surface area contributed by atoms with Crippen LogP contribution in [0.5, 0.6) is 0 Å². The lowest BCUT2D eigenvalue weighted by molar-refractivity contribution is 0.175. The van der Waals surface area contributed by atoms with E-state index < -0.39 is 6.10 Å². The van der Waals surface area contributed by atoms with Gasteiger partial charge in [-0.15, -0.1) is 0 Å². The topological polar surface area (TPSA) is 38.0 Å². The minimum absolute atomic E-state index is 0.498. The summed E-state index contributed by atoms with van der Waals surface area (Å²) in [6, 6.07) is 9.83. The minimum Gasteiger partial charge on any atom is -0.388 e. The summed E-state index contributed by atoms with van der Waals surface area (Å²) in [6.45, 7) is 2.08. The highest BCUT2D eigenvalue weighted by molar-refractivity contribution is 9.10. The van der Waals surface area contributed by atoms with Crippen molar-refractivity contribution in [3.63, 3.8) is 0 Å². The predicted molar refractivity (Wildman–Crippen MR) is 75.4 cm³/mol. The number of aliphatic hydroxyl groups excluding tert-OH is 1. The molecule has 0 saturated carbocycles. The van der Waals surface area contributed by atoms with Gasteiger partial charge in [0.25, 0.3) is 0 Å². The smallest absolute Gasteiger partial charge is 0.0845 e. The second-order valence-electron chi connectivity index (χ2n) is 4.38. The number of nitrogens with zero attached hydrogens (tertiary/aromatic N) is 2. The van der Waals surface area contributed by atoms with Gasteiger partial charge in [0.2, 0.25) is 0 Å². The van der Waals surface area contributed by atoms with E-state index in [1.807, 2.05) is 36.0 Å². The van der Waals surface area contributed by atoms with E-state index in [2.05, 4.69) is 34.0 Å². The third-order valence-electron chi connectivity index (χ3n) is 3.03. The number of halogens is 1. The lowest BCUT2D eigenvalue weighted by Gasteiger charge is -2.11. The van der Waals surface area contributed by atoms with Crippen LogP contribution in [-0.4, -0.2) is 14.9 Å². The highest BCUT2D eigenvalue weighted by atomic mass is 79.9. The van der Waals surface area contributed by atoms with Crippen LogP contribution >= 0.6 is 15.9 Å². The molecule has 1 aromatic carbocycles. The second kappa shape index (κ2) is 5.67. The van der Waals surface area contributed by atoms with Crippen LogP contribution in [0.2, 0.25) is 0 Å². The Bertz CT molecular complexity index is 536. The van der Waals surface area contributed by atoms with Crippen molar-refractivity contribution in [1.29, 1.82) is 0 Å². The van der Waals surface area contributed by atoms with Crippen molar-refractivity contribution < 1.29 is 5.11 Å². The van der Waals surface area contributed by atoms with E-state index in [1.54, 1.807) is 0 Å². The van der Waals surface area contributed by atoms with Gasteiger partial charge in [0.1, 0.15) is 0 Å². The summed E-state index contributed by atoms with van der Waals surface area (Å²) in [5.41, 5.74) is 3.04. The first-order valence-electron chi connectivity index (χ1n) is 6.05. The summed E-state index contributed by atoms with van der Waals surface area (Å²) < 4.78 is 2.83. The fraction of sp³-hybridized carbons (Fsp3) is 0.357. The zero-order valence-corrected chi connectivity index (χ0v) is 12.2. The van der Waals surface area contributed by atoms with Gasteiger partial charge in [0.05, 0.1) is 11.8 Å². The lowest BCUT2D eigenvalue weighted by atomic mass is 10.0. The first kappa shape index (κ1) is 13.3. The summed E-state index contributed by atoms with van der Waals surface area (Å²) in [7, 11) is 1.92. The van der Waals surface area contributed by atoms with E-state index in [-0.39, 0.29) is 0 Å². The largest absolute Gasteiger partial charge is 0.388 e. The molecule has 0 saturated heterocycles. The van der Waals surface area contributed by atoms with Crippen molar-refractivity contribution in [2.24, 2.45) is 7.05 Å². The molecular weight excluding hydrogens is 292 g/mol. The number of aromatic nitrogens is 2. The standard InChI is InChI=1S/C14H17BrN2O/c1-3-12-8-13(17(2)16-12)9-14(18)10-5-4-6-11(15)7-10/h4-8,14,18H,3,9H2,1-2H3. The highest BCUT2D eigenvalue weighted by Gasteiger charge is 2.12. The van der Waals surface area contributed by atoms with E-state index in [0.29, 0.717) is 6.42 Å².